The van der Waals surface area contributed by atoms with Gasteiger partial charge in [-0.1, -0.05) is 12.5 Å². The first-order valence-corrected chi connectivity index (χ1v) is 7.30. The Morgan fingerprint density at radius 2 is 2.44 bits per heavy atom. The average molecular weight is 238 g/mol. The highest BCUT2D eigenvalue weighted by Crippen LogP contribution is 2.10. The highest BCUT2D eigenvalue weighted by molar-refractivity contribution is 7.84. The van der Waals surface area contributed by atoms with Crippen molar-refractivity contribution in [2.24, 2.45) is 0 Å². The molecule has 4 heteroatoms. The molecule has 1 aromatic heterocycles. The first kappa shape index (κ1) is 11.7. The second-order valence-electron chi connectivity index (χ2n) is 4.26. The van der Waals surface area contributed by atoms with E-state index < -0.39 is 10.8 Å². The van der Waals surface area contributed by atoms with Crippen LogP contribution < -0.4 is 5.32 Å². The van der Waals surface area contributed by atoms with Crippen LogP contribution in [-0.2, 0) is 16.6 Å². The summed E-state index contributed by atoms with van der Waals surface area (Å²) in [5.41, 5.74) is 1.07. The minimum atomic E-state index is -0.771. The lowest BCUT2D eigenvalue weighted by Crippen LogP contribution is -2.38. The molecule has 2 atom stereocenters. The Labute approximate surface area is 99.1 Å². The number of aromatic nitrogens is 1. The van der Waals surface area contributed by atoms with Gasteiger partial charge in [-0.15, -0.1) is 0 Å². The van der Waals surface area contributed by atoms with E-state index in [0.29, 0.717) is 11.8 Å². The third-order valence-electron chi connectivity index (χ3n) is 2.85. The average Bonchev–Trinajstić information content (AvgIpc) is 2.31. The number of rotatable bonds is 4. The van der Waals surface area contributed by atoms with E-state index in [4.69, 9.17) is 0 Å². The molecule has 0 unspecified atom stereocenters. The van der Waals surface area contributed by atoms with Crippen LogP contribution in [0.4, 0.5) is 0 Å². The van der Waals surface area contributed by atoms with Gasteiger partial charge < -0.3 is 5.32 Å². The summed E-state index contributed by atoms with van der Waals surface area (Å²) in [5.74, 6) is 1.40. The molecule has 1 saturated heterocycles. The number of pyridine rings is 1. The fraction of sp³-hybridized carbons (Fsp3) is 0.583. The summed E-state index contributed by atoms with van der Waals surface area (Å²) in [5, 5.41) is 3.43. The molecule has 88 valence electrons. The Hall–Kier alpha value is -0.740. The molecule has 1 aliphatic heterocycles. The van der Waals surface area contributed by atoms with Gasteiger partial charge in [0, 0.05) is 35.0 Å². The maximum Gasteiger partial charge on any atom is 0.0501 e. The van der Waals surface area contributed by atoms with Gasteiger partial charge in [-0.3, -0.25) is 9.19 Å². The van der Waals surface area contributed by atoms with E-state index >= 15 is 0 Å². The first-order valence-electron chi connectivity index (χ1n) is 5.82. The smallest absolute Gasteiger partial charge is 0.0501 e. The number of hydrogen-bond acceptors (Lipinski definition) is 3. The van der Waals surface area contributed by atoms with Crippen molar-refractivity contribution >= 4 is 10.8 Å². The van der Waals surface area contributed by atoms with Crippen LogP contribution >= 0.6 is 0 Å². The molecular formula is C12H18N2OS. The minimum Gasteiger partial charge on any atom is -0.313 e. The maximum absolute atomic E-state index is 11.9. The van der Waals surface area contributed by atoms with Crippen LogP contribution in [0.2, 0.25) is 0 Å². The largest absolute Gasteiger partial charge is 0.313 e. The minimum absolute atomic E-state index is 0.450. The predicted octanol–water partition coefficient (Wildman–Crippen LogP) is 1.47. The SMILES string of the molecule is O=[S@@](Cc1cccnc1)C[C@@H]1CCCCN1. The highest BCUT2D eigenvalue weighted by atomic mass is 32.2. The van der Waals surface area contributed by atoms with Crippen LogP contribution in [0.1, 0.15) is 24.8 Å². The molecule has 1 fully saturated rings. The maximum atomic E-state index is 11.9. The van der Waals surface area contributed by atoms with Crippen LogP contribution in [0.5, 0.6) is 0 Å². The van der Waals surface area contributed by atoms with Gasteiger partial charge in [0.05, 0.1) is 5.75 Å². The summed E-state index contributed by atoms with van der Waals surface area (Å²) in [7, 11) is -0.771. The summed E-state index contributed by atoms with van der Waals surface area (Å²) in [6.07, 6.45) is 7.23. The zero-order valence-electron chi connectivity index (χ0n) is 9.39. The van der Waals surface area contributed by atoms with Crippen molar-refractivity contribution in [3.63, 3.8) is 0 Å². The molecule has 0 aliphatic carbocycles. The van der Waals surface area contributed by atoms with Crippen molar-refractivity contribution in [3.05, 3.63) is 30.1 Å². The monoisotopic (exact) mass is 238 g/mol. The van der Waals surface area contributed by atoms with Gasteiger partial charge in [0.25, 0.3) is 0 Å². The molecule has 0 radical (unpaired) electrons. The van der Waals surface area contributed by atoms with E-state index in [1.807, 2.05) is 12.1 Å². The van der Waals surface area contributed by atoms with Crippen molar-refractivity contribution in [1.29, 1.82) is 0 Å². The van der Waals surface area contributed by atoms with Gasteiger partial charge in [0.2, 0.25) is 0 Å². The second kappa shape index (κ2) is 6.11. The van der Waals surface area contributed by atoms with Gasteiger partial charge in [-0.05, 0) is 31.0 Å². The molecule has 0 aromatic carbocycles. The Bertz CT molecular complexity index is 336. The molecule has 2 rings (SSSR count). The summed E-state index contributed by atoms with van der Waals surface area (Å²) in [4.78, 5) is 4.03. The molecule has 16 heavy (non-hydrogen) atoms. The number of nitrogens with zero attached hydrogens (tertiary/aromatic N) is 1. The molecular weight excluding hydrogens is 220 g/mol. The van der Waals surface area contributed by atoms with Crippen LogP contribution in [0.15, 0.2) is 24.5 Å². The van der Waals surface area contributed by atoms with Crippen molar-refractivity contribution in [2.45, 2.75) is 31.1 Å². The molecule has 1 aromatic rings. The Kier molecular flexibility index (Phi) is 4.48. The van der Waals surface area contributed by atoms with E-state index in [9.17, 15) is 4.21 Å². The van der Waals surface area contributed by atoms with Crippen molar-refractivity contribution in [1.82, 2.24) is 10.3 Å². The molecule has 0 spiro atoms. The third-order valence-corrected chi connectivity index (χ3v) is 4.28. The van der Waals surface area contributed by atoms with Crippen LogP contribution in [0.3, 0.4) is 0 Å². The molecule has 1 aliphatic rings. The van der Waals surface area contributed by atoms with Crippen LogP contribution in [0, 0.1) is 0 Å². The fourth-order valence-electron chi connectivity index (χ4n) is 2.02. The molecule has 0 amide bonds. The third kappa shape index (κ3) is 3.68. The zero-order chi connectivity index (χ0) is 11.2. The van der Waals surface area contributed by atoms with E-state index in [0.717, 1.165) is 17.9 Å². The summed E-state index contributed by atoms with van der Waals surface area (Å²) < 4.78 is 11.9. The van der Waals surface area contributed by atoms with Crippen molar-refractivity contribution < 1.29 is 4.21 Å². The highest BCUT2D eigenvalue weighted by Gasteiger charge is 2.15. The molecule has 1 N–H and O–H groups in total. The predicted molar refractivity (Wildman–Crippen MR) is 66.6 cm³/mol. The van der Waals surface area contributed by atoms with Crippen molar-refractivity contribution in [3.8, 4) is 0 Å². The van der Waals surface area contributed by atoms with Gasteiger partial charge in [-0.25, -0.2) is 0 Å². The van der Waals surface area contributed by atoms with Gasteiger partial charge in [0.15, 0.2) is 0 Å². The standard InChI is InChI=1S/C12H18N2OS/c15-16(9-11-4-3-6-13-8-11)10-12-5-1-2-7-14-12/h3-4,6,8,12,14H,1-2,5,7,9-10H2/t12-,16-/m0/s1. The Balaban J connectivity index is 1.80. The fourth-order valence-corrected chi connectivity index (χ4v) is 3.41. The van der Waals surface area contributed by atoms with Gasteiger partial charge in [-0.2, -0.15) is 0 Å². The first-order chi connectivity index (χ1) is 7.84. The quantitative estimate of drug-likeness (QED) is 0.864. The molecule has 0 saturated carbocycles. The number of nitrogens with one attached hydrogen (secondary N) is 1. The van der Waals surface area contributed by atoms with Crippen LogP contribution in [0.25, 0.3) is 0 Å². The lowest BCUT2D eigenvalue weighted by Gasteiger charge is -2.22. The Morgan fingerprint density at radius 3 is 3.12 bits per heavy atom. The summed E-state index contributed by atoms with van der Waals surface area (Å²) in [6.45, 7) is 1.08. The van der Waals surface area contributed by atoms with Crippen molar-refractivity contribution in [2.75, 3.05) is 12.3 Å². The lowest BCUT2D eigenvalue weighted by molar-refractivity contribution is 0.427. The van der Waals surface area contributed by atoms with E-state index in [-0.39, 0.29) is 0 Å². The zero-order valence-corrected chi connectivity index (χ0v) is 10.2. The topological polar surface area (TPSA) is 42.0 Å². The Morgan fingerprint density at radius 1 is 1.50 bits per heavy atom. The number of hydrogen-bond donors (Lipinski definition) is 1. The normalized spacial score (nSPS) is 22.9. The van der Waals surface area contributed by atoms with Gasteiger partial charge in [0.1, 0.15) is 0 Å². The molecule has 3 nitrogen and oxygen atoms in total. The van der Waals surface area contributed by atoms with Crippen LogP contribution in [-0.4, -0.2) is 27.5 Å². The summed E-state index contributed by atoms with van der Waals surface area (Å²) in [6, 6.07) is 4.33. The van der Waals surface area contributed by atoms with Gasteiger partial charge >= 0.3 is 0 Å². The molecule has 0 bridgehead atoms. The second-order valence-corrected chi connectivity index (χ2v) is 5.76. The number of piperidine rings is 1. The lowest BCUT2D eigenvalue weighted by atomic mass is 10.1. The summed E-state index contributed by atoms with van der Waals surface area (Å²) >= 11 is 0. The molecule has 2 heterocycles. The van der Waals surface area contributed by atoms with E-state index in [2.05, 4.69) is 10.3 Å². The van der Waals surface area contributed by atoms with E-state index in [1.54, 1.807) is 12.4 Å². The van der Waals surface area contributed by atoms with E-state index in [1.165, 1.54) is 19.3 Å².